The van der Waals surface area contributed by atoms with E-state index in [0.717, 1.165) is 23.3 Å². The minimum Gasteiger partial charge on any atom is -0.493 e. The molecule has 1 aliphatic heterocycles. The molecular formula is C18H18ClNO2. The molecule has 0 aromatic heterocycles. The summed E-state index contributed by atoms with van der Waals surface area (Å²) < 4.78 is 5.63. The minimum absolute atomic E-state index is 0.0663. The van der Waals surface area contributed by atoms with Gasteiger partial charge in [0.05, 0.1) is 6.61 Å². The number of ether oxygens (including phenoxy) is 1. The summed E-state index contributed by atoms with van der Waals surface area (Å²) in [6.45, 7) is 1.20. The summed E-state index contributed by atoms with van der Waals surface area (Å²) in [5.74, 6) is 1.20. The highest BCUT2D eigenvalue weighted by atomic mass is 35.5. The van der Waals surface area contributed by atoms with Crippen molar-refractivity contribution in [2.45, 2.75) is 25.3 Å². The van der Waals surface area contributed by atoms with Gasteiger partial charge in [0.1, 0.15) is 5.75 Å². The van der Waals surface area contributed by atoms with Crippen molar-refractivity contribution in [2.75, 3.05) is 6.61 Å². The van der Waals surface area contributed by atoms with E-state index in [9.17, 15) is 4.79 Å². The fourth-order valence-corrected chi connectivity index (χ4v) is 2.85. The zero-order chi connectivity index (χ0) is 15.4. The number of benzene rings is 2. The smallest absolute Gasteiger partial charge is 0.220 e. The summed E-state index contributed by atoms with van der Waals surface area (Å²) in [4.78, 5) is 12.2. The number of hydrogen-bond acceptors (Lipinski definition) is 2. The van der Waals surface area contributed by atoms with Gasteiger partial charge in [0, 0.05) is 18.0 Å². The number of amides is 1. The van der Waals surface area contributed by atoms with Crippen molar-refractivity contribution in [1.29, 1.82) is 0 Å². The third-order valence-electron chi connectivity index (χ3n) is 3.92. The fourth-order valence-electron chi connectivity index (χ4n) is 2.73. The fraction of sp³-hybridized carbons (Fsp3) is 0.278. The Hall–Kier alpha value is -2.00. The van der Waals surface area contributed by atoms with Crippen LogP contribution in [0.5, 0.6) is 5.75 Å². The van der Waals surface area contributed by atoms with Crippen molar-refractivity contribution in [3.8, 4) is 5.75 Å². The van der Waals surface area contributed by atoms with Crippen molar-refractivity contribution in [2.24, 2.45) is 0 Å². The summed E-state index contributed by atoms with van der Waals surface area (Å²) in [5, 5.41) is 3.68. The first-order valence-electron chi connectivity index (χ1n) is 7.45. The van der Waals surface area contributed by atoms with E-state index in [1.54, 1.807) is 0 Å². The largest absolute Gasteiger partial charge is 0.493 e. The maximum atomic E-state index is 12.2. The molecule has 4 heteroatoms. The average Bonchev–Trinajstić information content (AvgIpc) is 2.55. The van der Waals surface area contributed by atoms with Crippen LogP contribution in [0.25, 0.3) is 0 Å². The van der Waals surface area contributed by atoms with E-state index in [0.29, 0.717) is 24.6 Å². The number of carbonyl (C=O) groups excluding carboxylic acids is 1. The number of fused-ring (bicyclic) bond motifs is 1. The van der Waals surface area contributed by atoms with Crippen LogP contribution < -0.4 is 10.1 Å². The Morgan fingerprint density at radius 3 is 2.77 bits per heavy atom. The molecule has 3 rings (SSSR count). The second kappa shape index (κ2) is 6.84. The van der Waals surface area contributed by atoms with Gasteiger partial charge in [0.25, 0.3) is 0 Å². The second-order valence-electron chi connectivity index (χ2n) is 5.48. The number of carbonyl (C=O) groups is 1. The highest BCUT2D eigenvalue weighted by molar-refractivity contribution is 6.30. The normalized spacial score (nSPS) is 16.5. The van der Waals surface area contributed by atoms with Crippen molar-refractivity contribution < 1.29 is 9.53 Å². The SMILES string of the molecule is O=C(CC1CCOc2ccccc21)NCc1ccc(Cl)cc1. The van der Waals surface area contributed by atoms with E-state index in [1.165, 1.54) is 0 Å². The Labute approximate surface area is 135 Å². The van der Waals surface area contributed by atoms with Gasteiger partial charge in [-0.1, -0.05) is 41.9 Å². The lowest BCUT2D eigenvalue weighted by atomic mass is 9.90. The molecule has 0 saturated heterocycles. The monoisotopic (exact) mass is 315 g/mol. The molecule has 1 heterocycles. The van der Waals surface area contributed by atoms with Crippen molar-refractivity contribution in [3.63, 3.8) is 0 Å². The van der Waals surface area contributed by atoms with E-state index in [2.05, 4.69) is 5.32 Å². The van der Waals surface area contributed by atoms with Crippen LogP contribution >= 0.6 is 11.6 Å². The van der Waals surface area contributed by atoms with Gasteiger partial charge in [-0.3, -0.25) is 4.79 Å². The molecule has 0 aliphatic carbocycles. The Morgan fingerprint density at radius 1 is 1.18 bits per heavy atom. The van der Waals surface area contributed by atoms with Crippen LogP contribution in [0.3, 0.4) is 0 Å². The zero-order valence-electron chi connectivity index (χ0n) is 12.2. The zero-order valence-corrected chi connectivity index (χ0v) is 13.0. The van der Waals surface area contributed by atoms with Gasteiger partial charge in [0.2, 0.25) is 5.91 Å². The first kappa shape index (κ1) is 14.9. The molecule has 1 amide bonds. The van der Waals surface area contributed by atoms with Crippen LogP contribution in [0.4, 0.5) is 0 Å². The molecule has 0 spiro atoms. The van der Waals surface area contributed by atoms with E-state index < -0.39 is 0 Å². The molecule has 0 saturated carbocycles. The number of para-hydroxylation sites is 1. The van der Waals surface area contributed by atoms with Gasteiger partial charge < -0.3 is 10.1 Å². The molecule has 2 aromatic carbocycles. The Morgan fingerprint density at radius 2 is 1.95 bits per heavy atom. The van der Waals surface area contributed by atoms with Crippen molar-refractivity contribution in [3.05, 3.63) is 64.7 Å². The van der Waals surface area contributed by atoms with Crippen LogP contribution in [0, 0.1) is 0 Å². The van der Waals surface area contributed by atoms with Crippen LogP contribution in [-0.4, -0.2) is 12.5 Å². The minimum atomic E-state index is 0.0663. The molecule has 0 bridgehead atoms. The van der Waals surface area contributed by atoms with Crippen molar-refractivity contribution >= 4 is 17.5 Å². The Balaban J connectivity index is 1.57. The van der Waals surface area contributed by atoms with E-state index in [-0.39, 0.29) is 11.8 Å². The number of halogens is 1. The standard InChI is InChI=1S/C18H18ClNO2/c19-15-7-5-13(6-8-15)12-20-18(21)11-14-9-10-22-17-4-2-1-3-16(14)17/h1-8,14H,9-12H2,(H,20,21). The molecule has 2 aromatic rings. The highest BCUT2D eigenvalue weighted by Crippen LogP contribution is 2.35. The molecule has 1 atom stereocenters. The quantitative estimate of drug-likeness (QED) is 0.929. The maximum Gasteiger partial charge on any atom is 0.220 e. The van der Waals surface area contributed by atoms with E-state index >= 15 is 0 Å². The maximum absolute atomic E-state index is 12.2. The van der Waals surface area contributed by atoms with Crippen LogP contribution in [-0.2, 0) is 11.3 Å². The molecule has 1 unspecified atom stereocenters. The first-order valence-corrected chi connectivity index (χ1v) is 7.83. The van der Waals surface area contributed by atoms with Gasteiger partial charge >= 0.3 is 0 Å². The topological polar surface area (TPSA) is 38.3 Å². The first-order chi connectivity index (χ1) is 10.7. The number of hydrogen-bond donors (Lipinski definition) is 1. The van der Waals surface area contributed by atoms with E-state index in [1.807, 2.05) is 48.5 Å². The molecule has 3 nitrogen and oxygen atoms in total. The Bertz CT molecular complexity index is 654. The number of rotatable bonds is 4. The highest BCUT2D eigenvalue weighted by Gasteiger charge is 2.23. The lowest BCUT2D eigenvalue weighted by molar-refractivity contribution is -0.121. The molecule has 114 valence electrons. The summed E-state index contributed by atoms with van der Waals surface area (Å²) in [5.41, 5.74) is 2.18. The van der Waals surface area contributed by atoms with Gasteiger partial charge in [0.15, 0.2) is 0 Å². The van der Waals surface area contributed by atoms with E-state index in [4.69, 9.17) is 16.3 Å². The molecule has 22 heavy (non-hydrogen) atoms. The molecular weight excluding hydrogens is 298 g/mol. The third-order valence-corrected chi connectivity index (χ3v) is 4.17. The lowest BCUT2D eigenvalue weighted by Crippen LogP contribution is -2.26. The average molecular weight is 316 g/mol. The number of nitrogens with one attached hydrogen (secondary N) is 1. The van der Waals surface area contributed by atoms with Crippen LogP contribution in [0.15, 0.2) is 48.5 Å². The van der Waals surface area contributed by atoms with Crippen molar-refractivity contribution in [1.82, 2.24) is 5.32 Å². The molecule has 1 N–H and O–H groups in total. The molecule has 0 radical (unpaired) electrons. The summed E-state index contributed by atoms with van der Waals surface area (Å²) >= 11 is 5.85. The summed E-state index contributed by atoms with van der Waals surface area (Å²) in [7, 11) is 0. The van der Waals surface area contributed by atoms with Crippen LogP contribution in [0.1, 0.15) is 29.9 Å². The third kappa shape index (κ3) is 3.60. The second-order valence-corrected chi connectivity index (χ2v) is 5.92. The van der Waals surface area contributed by atoms with Crippen LogP contribution in [0.2, 0.25) is 5.02 Å². The molecule has 1 aliphatic rings. The Kier molecular flexibility index (Phi) is 4.64. The van der Waals surface area contributed by atoms with Gasteiger partial charge in [-0.05, 0) is 41.7 Å². The lowest BCUT2D eigenvalue weighted by Gasteiger charge is -2.25. The van der Waals surface area contributed by atoms with Gasteiger partial charge in [-0.2, -0.15) is 0 Å². The predicted molar refractivity (Wildman–Crippen MR) is 87.2 cm³/mol. The van der Waals surface area contributed by atoms with Gasteiger partial charge in [-0.25, -0.2) is 0 Å². The molecule has 0 fully saturated rings. The predicted octanol–water partition coefficient (Wildman–Crippen LogP) is 3.91. The summed E-state index contributed by atoms with van der Waals surface area (Å²) in [6.07, 6.45) is 1.37. The summed E-state index contributed by atoms with van der Waals surface area (Å²) in [6, 6.07) is 15.5. The van der Waals surface area contributed by atoms with Gasteiger partial charge in [-0.15, -0.1) is 0 Å².